The normalized spacial score (nSPS) is 16.7. The SMILES string of the molecule is CC(C)CNCCCCCCN(CC(C)C)C1CCCC1. The van der Waals surface area contributed by atoms with Gasteiger partial charge in [-0.2, -0.15) is 0 Å². The van der Waals surface area contributed by atoms with Gasteiger partial charge in [-0.05, 0) is 57.2 Å². The third-order valence-electron chi connectivity index (χ3n) is 4.54. The lowest BCUT2D eigenvalue weighted by Crippen LogP contribution is -2.37. The molecule has 1 aliphatic carbocycles. The van der Waals surface area contributed by atoms with Crippen molar-refractivity contribution in [3.8, 4) is 0 Å². The first-order chi connectivity index (χ1) is 10.1. The summed E-state index contributed by atoms with van der Waals surface area (Å²) >= 11 is 0. The van der Waals surface area contributed by atoms with E-state index in [9.17, 15) is 0 Å². The molecule has 0 aromatic rings. The number of unbranched alkanes of at least 4 members (excludes halogenated alkanes) is 3. The van der Waals surface area contributed by atoms with Gasteiger partial charge in [0.1, 0.15) is 0 Å². The molecule has 1 N–H and O–H groups in total. The fraction of sp³-hybridized carbons (Fsp3) is 1.00. The Labute approximate surface area is 134 Å². The second kappa shape index (κ2) is 11.5. The summed E-state index contributed by atoms with van der Waals surface area (Å²) in [5, 5.41) is 3.54. The van der Waals surface area contributed by atoms with Crippen molar-refractivity contribution in [3.63, 3.8) is 0 Å². The van der Waals surface area contributed by atoms with Crippen LogP contribution in [0.1, 0.15) is 79.1 Å². The molecule has 1 aliphatic rings. The van der Waals surface area contributed by atoms with Crippen molar-refractivity contribution in [3.05, 3.63) is 0 Å². The van der Waals surface area contributed by atoms with Crippen molar-refractivity contribution in [1.82, 2.24) is 10.2 Å². The lowest BCUT2D eigenvalue weighted by molar-refractivity contribution is 0.173. The summed E-state index contributed by atoms with van der Waals surface area (Å²) in [6, 6.07) is 0.903. The van der Waals surface area contributed by atoms with Crippen molar-refractivity contribution in [2.45, 2.75) is 85.1 Å². The molecular formula is C19H40N2. The predicted molar refractivity (Wildman–Crippen MR) is 94.8 cm³/mol. The Balaban J connectivity index is 2.04. The molecule has 0 atom stereocenters. The third kappa shape index (κ3) is 9.52. The highest BCUT2D eigenvalue weighted by molar-refractivity contribution is 4.78. The molecule has 0 bridgehead atoms. The highest BCUT2D eigenvalue weighted by Gasteiger charge is 2.22. The standard InChI is InChI=1S/C19H40N2/c1-17(2)15-20-13-9-5-6-10-14-21(16-18(3)4)19-11-7-8-12-19/h17-20H,5-16H2,1-4H3. The molecule has 0 aliphatic heterocycles. The highest BCUT2D eigenvalue weighted by atomic mass is 15.2. The Bertz CT molecular complexity index is 232. The lowest BCUT2D eigenvalue weighted by atomic mass is 10.1. The van der Waals surface area contributed by atoms with E-state index in [1.165, 1.54) is 77.5 Å². The van der Waals surface area contributed by atoms with Gasteiger partial charge in [0.2, 0.25) is 0 Å². The van der Waals surface area contributed by atoms with Gasteiger partial charge in [-0.15, -0.1) is 0 Å². The molecule has 2 nitrogen and oxygen atoms in total. The van der Waals surface area contributed by atoms with Crippen molar-refractivity contribution < 1.29 is 0 Å². The largest absolute Gasteiger partial charge is 0.316 e. The number of hydrogen-bond donors (Lipinski definition) is 1. The summed E-state index contributed by atoms with van der Waals surface area (Å²) in [5.74, 6) is 1.59. The molecule has 126 valence electrons. The minimum Gasteiger partial charge on any atom is -0.316 e. The zero-order valence-corrected chi connectivity index (χ0v) is 15.2. The molecule has 1 saturated carbocycles. The average Bonchev–Trinajstić information content (AvgIpc) is 2.93. The van der Waals surface area contributed by atoms with Crippen LogP contribution in [0.25, 0.3) is 0 Å². The molecule has 0 heterocycles. The average molecular weight is 297 g/mol. The molecule has 1 rings (SSSR count). The first kappa shape index (κ1) is 19.0. The monoisotopic (exact) mass is 296 g/mol. The first-order valence-corrected chi connectivity index (χ1v) is 9.54. The van der Waals surface area contributed by atoms with Crippen LogP contribution in [0.15, 0.2) is 0 Å². The highest BCUT2D eigenvalue weighted by Crippen LogP contribution is 2.24. The van der Waals surface area contributed by atoms with E-state index < -0.39 is 0 Å². The van der Waals surface area contributed by atoms with E-state index in [1.807, 2.05) is 0 Å². The van der Waals surface area contributed by atoms with Gasteiger partial charge >= 0.3 is 0 Å². The van der Waals surface area contributed by atoms with Crippen LogP contribution in [0.4, 0.5) is 0 Å². The van der Waals surface area contributed by atoms with Crippen LogP contribution in [-0.4, -0.2) is 37.1 Å². The van der Waals surface area contributed by atoms with E-state index in [4.69, 9.17) is 0 Å². The minimum absolute atomic E-state index is 0.779. The minimum atomic E-state index is 0.779. The van der Waals surface area contributed by atoms with Crippen LogP contribution in [0.5, 0.6) is 0 Å². The van der Waals surface area contributed by atoms with Crippen molar-refractivity contribution in [2.24, 2.45) is 11.8 Å². The van der Waals surface area contributed by atoms with Gasteiger partial charge in [-0.25, -0.2) is 0 Å². The second-order valence-electron chi connectivity index (χ2n) is 7.84. The summed E-state index contributed by atoms with van der Waals surface area (Å²) in [7, 11) is 0. The van der Waals surface area contributed by atoms with E-state index in [0.29, 0.717) is 0 Å². The van der Waals surface area contributed by atoms with Gasteiger partial charge in [0.15, 0.2) is 0 Å². The summed E-state index contributed by atoms with van der Waals surface area (Å²) in [5.41, 5.74) is 0. The molecule has 0 saturated heterocycles. The number of rotatable bonds is 12. The molecular weight excluding hydrogens is 256 g/mol. The Morgan fingerprint density at radius 1 is 0.905 bits per heavy atom. The molecule has 0 aromatic carbocycles. The topological polar surface area (TPSA) is 15.3 Å². The van der Waals surface area contributed by atoms with Gasteiger partial charge in [-0.3, -0.25) is 0 Å². The maximum Gasteiger partial charge on any atom is 0.00953 e. The Hall–Kier alpha value is -0.0800. The van der Waals surface area contributed by atoms with Crippen LogP contribution in [0.2, 0.25) is 0 Å². The lowest BCUT2D eigenvalue weighted by Gasteiger charge is -2.30. The number of nitrogens with one attached hydrogen (secondary N) is 1. The van der Waals surface area contributed by atoms with Gasteiger partial charge in [0, 0.05) is 12.6 Å². The first-order valence-electron chi connectivity index (χ1n) is 9.54. The molecule has 0 unspecified atom stereocenters. The van der Waals surface area contributed by atoms with Crippen LogP contribution >= 0.6 is 0 Å². The molecule has 0 radical (unpaired) electrons. The second-order valence-corrected chi connectivity index (χ2v) is 7.84. The van der Waals surface area contributed by atoms with Gasteiger partial charge in [0.25, 0.3) is 0 Å². The van der Waals surface area contributed by atoms with Crippen molar-refractivity contribution >= 4 is 0 Å². The van der Waals surface area contributed by atoms with Gasteiger partial charge < -0.3 is 10.2 Å². The van der Waals surface area contributed by atoms with E-state index in [0.717, 1.165) is 17.9 Å². The fourth-order valence-corrected chi connectivity index (χ4v) is 3.47. The summed E-state index contributed by atoms with van der Waals surface area (Å²) in [6.45, 7) is 14.3. The van der Waals surface area contributed by atoms with Crippen LogP contribution in [0, 0.1) is 11.8 Å². The van der Waals surface area contributed by atoms with E-state index in [-0.39, 0.29) is 0 Å². The summed E-state index contributed by atoms with van der Waals surface area (Å²) in [6.07, 6.45) is 11.4. The zero-order chi connectivity index (χ0) is 15.5. The van der Waals surface area contributed by atoms with E-state index >= 15 is 0 Å². The van der Waals surface area contributed by atoms with Crippen LogP contribution < -0.4 is 5.32 Å². The van der Waals surface area contributed by atoms with Crippen LogP contribution in [0.3, 0.4) is 0 Å². The third-order valence-corrected chi connectivity index (χ3v) is 4.54. The van der Waals surface area contributed by atoms with Crippen molar-refractivity contribution in [2.75, 3.05) is 26.2 Å². The van der Waals surface area contributed by atoms with Gasteiger partial charge in [-0.1, -0.05) is 53.4 Å². The van der Waals surface area contributed by atoms with Crippen LogP contribution in [-0.2, 0) is 0 Å². The molecule has 2 heteroatoms. The number of hydrogen-bond acceptors (Lipinski definition) is 2. The number of nitrogens with zero attached hydrogens (tertiary/aromatic N) is 1. The smallest absolute Gasteiger partial charge is 0.00953 e. The maximum absolute atomic E-state index is 3.54. The Morgan fingerprint density at radius 2 is 1.57 bits per heavy atom. The molecule has 0 spiro atoms. The molecule has 0 aromatic heterocycles. The fourth-order valence-electron chi connectivity index (χ4n) is 3.47. The molecule has 1 fully saturated rings. The van der Waals surface area contributed by atoms with E-state index in [1.54, 1.807) is 0 Å². The van der Waals surface area contributed by atoms with E-state index in [2.05, 4.69) is 37.9 Å². The Morgan fingerprint density at radius 3 is 2.19 bits per heavy atom. The summed E-state index contributed by atoms with van der Waals surface area (Å²) in [4.78, 5) is 2.80. The molecule has 0 amide bonds. The zero-order valence-electron chi connectivity index (χ0n) is 15.2. The maximum atomic E-state index is 3.54. The quantitative estimate of drug-likeness (QED) is 0.525. The molecule has 21 heavy (non-hydrogen) atoms. The van der Waals surface area contributed by atoms with Gasteiger partial charge in [0.05, 0.1) is 0 Å². The Kier molecular flexibility index (Phi) is 10.4. The van der Waals surface area contributed by atoms with Crippen molar-refractivity contribution in [1.29, 1.82) is 0 Å². The predicted octanol–water partition coefficient (Wildman–Crippen LogP) is 4.69. The summed E-state index contributed by atoms with van der Waals surface area (Å²) < 4.78 is 0.